The van der Waals surface area contributed by atoms with Gasteiger partial charge in [0.15, 0.2) is 0 Å². The Bertz CT molecular complexity index is 439. The molecule has 3 nitrogen and oxygen atoms in total. The van der Waals surface area contributed by atoms with Crippen molar-refractivity contribution in [2.75, 3.05) is 0 Å². The zero-order chi connectivity index (χ0) is 8.55. The van der Waals surface area contributed by atoms with Crippen LogP contribution in [0.4, 0.5) is 4.79 Å². The number of nitrogens with zero attached hydrogens (tertiary/aromatic N) is 1. The van der Waals surface area contributed by atoms with E-state index in [9.17, 15) is 9.90 Å². The molecule has 0 saturated carbocycles. The average Bonchev–Trinajstić information content (AvgIpc) is 2.47. The summed E-state index contributed by atoms with van der Waals surface area (Å²) in [5.41, 5.74) is 0.609. The van der Waals surface area contributed by atoms with Gasteiger partial charge in [0.25, 0.3) is 0 Å². The molecular formula is C9H5Li2NO2. The minimum absolute atomic E-state index is 0. The van der Waals surface area contributed by atoms with Crippen LogP contribution in [0.15, 0.2) is 30.3 Å². The van der Waals surface area contributed by atoms with Crippen molar-refractivity contribution in [1.29, 1.82) is 0 Å². The van der Waals surface area contributed by atoms with Gasteiger partial charge in [-0.25, -0.2) is 0 Å². The minimum atomic E-state index is -1.25. The van der Waals surface area contributed by atoms with Crippen LogP contribution in [0.2, 0.25) is 0 Å². The molecule has 0 aliphatic rings. The molecule has 0 unspecified atom stereocenters. The van der Waals surface area contributed by atoms with Crippen LogP contribution in [0.1, 0.15) is 0 Å². The first-order valence-corrected chi connectivity index (χ1v) is 3.48. The zero-order valence-corrected chi connectivity index (χ0v) is 8.15. The summed E-state index contributed by atoms with van der Waals surface area (Å²) >= 11 is 0. The fraction of sp³-hybridized carbons (Fsp3) is 0. The summed E-state index contributed by atoms with van der Waals surface area (Å²) in [5, 5.41) is 11.3. The van der Waals surface area contributed by atoms with Gasteiger partial charge in [-0.3, -0.25) is 0 Å². The summed E-state index contributed by atoms with van der Waals surface area (Å²) in [6.45, 7) is 0. The number of para-hydroxylation sites is 1. The molecule has 0 saturated heterocycles. The third-order valence-electron chi connectivity index (χ3n) is 1.71. The number of aromatic nitrogens is 1. The van der Waals surface area contributed by atoms with Crippen molar-refractivity contribution in [1.82, 2.24) is 4.57 Å². The number of hydrogen-bond donors (Lipinski definition) is 0. The summed E-state index contributed by atoms with van der Waals surface area (Å²) < 4.78 is 0.968. The summed E-state index contributed by atoms with van der Waals surface area (Å²) in [4.78, 5) is 10.5. The van der Waals surface area contributed by atoms with Gasteiger partial charge in [0.2, 0.25) is 0 Å². The normalized spacial score (nSPS) is 8.86. The van der Waals surface area contributed by atoms with E-state index in [1.165, 1.54) is 0 Å². The third-order valence-corrected chi connectivity index (χ3v) is 1.71. The first kappa shape index (κ1) is 13.4. The van der Waals surface area contributed by atoms with Crippen molar-refractivity contribution in [3.05, 3.63) is 36.5 Å². The van der Waals surface area contributed by atoms with Crippen molar-refractivity contribution in [3.8, 4) is 0 Å². The Balaban J connectivity index is 0.000000845. The maximum atomic E-state index is 10.5. The van der Waals surface area contributed by atoms with Gasteiger partial charge in [-0.05, 0) is 0 Å². The van der Waals surface area contributed by atoms with Crippen LogP contribution in [-0.4, -0.2) is 10.7 Å². The molecule has 1 heterocycles. The van der Waals surface area contributed by atoms with E-state index in [1.54, 1.807) is 18.2 Å². The number of hydrogen-bond acceptors (Lipinski definition) is 2. The molecule has 1 aromatic heterocycles. The van der Waals surface area contributed by atoms with Gasteiger partial charge in [0.05, 0.1) is 6.09 Å². The first-order valence-electron chi connectivity index (χ1n) is 3.48. The van der Waals surface area contributed by atoms with Crippen LogP contribution in [-0.2, 0) is 0 Å². The summed E-state index contributed by atoms with van der Waals surface area (Å²) in [7, 11) is 0. The molecule has 0 bridgehead atoms. The molecule has 0 aliphatic carbocycles. The van der Waals surface area contributed by atoms with E-state index in [0.717, 1.165) is 9.95 Å². The van der Waals surface area contributed by atoms with E-state index in [0.29, 0.717) is 5.52 Å². The molecule has 0 aliphatic heterocycles. The quantitative estimate of drug-likeness (QED) is 0.295. The Kier molecular flexibility index (Phi) is 5.12. The summed E-state index contributed by atoms with van der Waals surface area (Å²) in [6, 6.07) is 8.77. The van der Waals surface area contributed by atoms with Crippen LogP contribution >= 0.6 is 0 Å². The van der Waals surface area contributed by atoms with E-state index in [1.807, 2.05) is 12.1 Å². The van der Waals surface area contributed by atoms with Crippen molar-refractivity contribution >= 4 is 17.0 Å². The van der Waals surface area contributed by atoms with Crippen LogP contribution < -0.4 is 42.8 Å². The second-order valence-electron chi connectivity index (χ2n) is 2.43. The number of rotatable bonds is 0. The van der Waals surface area contributed by atoms with Crippen LogP contribution in [0, 0.1) is 6.20 Å². The molecule has 0 fully saturated rings. The van der Waals surface area contributed by atoms with Crippen molar-refractivity contribution in [2.45, 2.75) is 0 Å². The fourth-order valence-electron chi connectivity index (χ4n) is 1.17. The second-order valence-corrected chi connectivity index (χ2v) is 2.43. The van der Waals surface area contributed by atoms with Crippen molar-refractivity contribution in [3.63, 3.8) is 0 Å². The van der Waals surface area contributed by atoms with Gasteiger partial charge in [0, 0.05) is 0 Å². The van der Waals surface area contributed by atoms with Crippen molar-refractivity contribution in [2.24, 2.45) is 0 Å². The molecule has 2 aromatic rings. The molecule has 2 rings (SSSR count). The zero-order valence-electron chi connectivity index (χ0n) is 8.15. The number of benzene rings is 1. The maximum Gasteiger partial charge on any atom is 1.00 e. The monoisotopic (exact) mass is 173 g/mol. The van der Waals surface area contributed by atoms with E-state index in [-0.39, 0.29) is 37.7 Å². The Morgan fingerprint density at radius 2 is 1.93 bits per heavy atom. The van der Waals surface area contributed by atoms with Gasteiger partial charge in [-0.15, -0.1) is 17.5 Å². The molecule has 0 amide bonds. The van der Waals surface area contributed by atoms with E-state index < -0.39 is 6.09 Å². The first-order chi connectivity index (χ1) is 5.79. The van der Waals surface area contributed by atoms with Gasteiger partial charge in [-0.1, -0.05) is 29.9 Å². The SMILES string of the molecule is O=C([O-])n1[c-]cc2ccccc21.[Li+].[Li+]. The van der Waals surface area contributed by atoms with E-state index in [4.69, 9.17) is 0 Å². The largest absolute Gasteiger partial charge is 1.00 e. The molecule has 0 spiro atoms. The van der Waals surface area contributed by atoms with Gasteiger partial charge >= 0.3 is 37.7 Å². The van der Waals surface area contributed by atoms with E-state index >= 15 is 0 Å². The summed E-state index contributed by atoms with van der Waals surface area (Å²) in [6.07, 6.45) is 1.31. The number of carbonyl (C=O) groups excluding carboxylic acids is 1. The number of carbonyl (C=O) groups is 1. The smallest absolute Gasteiger partial charge is 0.587 e. The predicted molar refractivity (Wildman–Crippen MR) is 41.6 cm³/mol. The molecule has 1 aromatic carbocycles. The Labute approximate surface area is 105 Å². The predicted octanol–water partition coefficient (Wildman–Crippen LogP) is -5.36. The molecule has 60 valence electrons. The third kappa shape index (κ3) is 2.26. The Morgan fingerprint density at radius 1 is 1.29 bits per heavy atom. The van der Waals surface area contributed by atoms with Crippen molar-refractivity contribution < 1.29 is 47.6 Å². The molecule has 0 radical (unpaired) electrons. The fourth-order valence-corrected chi connectivity index (χ4v) is 1.17. The molecule has 14 heavy (non-hydrogen) atoms. The van der Waals surface area contributed by atoms with Gasteiger partial charge in [-0.2, -0.15) is 0 Å². The van der Waals surface area contributed by atoms with Crippen LogP contribution in [0.3, 0.4) is 0 Å². The summed E-state index contributed by atoms with van der Waals surface area (Å²) in [5.74, 6) is 0. The van der Waals surface area contributed by atoms with Crippen LogP contribution in [0.5, 0.6) is 0 Å². The Morgan fingerprint density at radius 3 is 2.57 bits per heavy atom. The number of carboxylic acid groups (broad SMARTS) is 1. The van der Waals surface area contributed by atoms with E-state index in [2.05, 4.69) is 6.20 Å². The second kappa shape index (κ2) is 5.34. The topological polar surface area (TPSA) is 45.1 Å². The minimum Gasteiger partial charge on any atom is -0.587 e. The average molecular weight is 173 g/mol. The van der Waals surface area contributed by atoms with Gasteiger partial charge < -0.3 is 14.5 Å². The maximum absolute atomic E-state index is 10.5. The van der Waals surface area contributed by atoms with Crippen LogP contribution in [0.25, 0.3) is 10.9 Å². The molecular weight excluding hydrogens is 168 g/mol. The van der Waals surface area contributed by atoms with Gasteiger partial charge in [0.1, 0.15) is 0 Å². The molecule has 0 atom stereocenters. The Hall–Kier alpha value is -0.575. The molecule has 0 N–H and O–H groups in total. The standard InChI is InChI=1S/C9H6NO2.2Li/c11-9(12)10-6-5-7-3-1-2-4-8(7)10;;/h1-5H,(H,11,12);;/q-1;2*+1/p-1. The number of fused-ring (bicyclic) bond motifs is 1. The molecule has 5 heteroatoms.